The molecule has 2 aromatic carbocycles. The molecule has 1 heterocycles. The number of carbonyl (C=O) groups excluding carboxylic acids is 1. The van der Waals surface area contributed by atoms with Gasteiger partial charge in [0.1, 0.15) is 0 Å². The third-order valence-corrected chi connectivity index (χ3v) is 6.47. The molecule has 0 aliphatic carbocycles. The summed E-state index contributed by atoms with van der Waals surface area (Å²) in [6, 6.07) is 14.7. The summed E-state index contributed by atoms with van der Waals surface area (Å²) in [5, 5.41) is -0.869. The van der Waals surface area contributed by atoms with Crippen LogP contribution in [0.5, 0.6) is 0 Å². The Kier molecular flexibility index (Phi) is 4.76. The van der Waals surface area contributed by atoms with Crippen LogP contribution >= 0.6 is 0 Å². The fraction of sp³-hybridized carbons (Fsp3) is 0.263. The van der Waals surface area contributed by atoms with Gasteiger partial charge in [-0.2, -0.15) is 0 Å². The second-order valence-electron chi connectivity index (χ2n) is 6.22. The van der Waals surface area contributed by atoms with Crippen molar-refractivity contribution in [3.05, 3.63) is 65.7 Å². The zero-order chi connectivity index (χ0) is 18.9. The van der Waals surface area contributed by atoms with Gasteiger partial charge in [0.25, 0.3) is 9.84 Å². The van der Waals surface area contributed by atoms with Crippen molar-refractivity contribution in [3.8, 4) is 0 Å². The van der Waals surface area contributed by atoms with E-state index in [0.717, 1.165) is 5.56 Å². The Labute approximate surface area is 152 Å². The van der Waals surface area contributed by atoms with Gasteiger partial charge in [0.2, 0.25) is 0 Å². The highest BCUT2D eigenvalue weighted by Gasteiger charge is 2.47. The van der Waals surface area contributed by atoms with Crippen LogP contribution in [0.4, 0.5) is 5.69 Å². The molecule has 0 unspecified atom stereocenters. The molecule has 0 radical (unpaired) electrons. The van der Waals surface area contributed by atoms with Crippen LogP contribution < -0.4 is 4.90 Å². The lowest BCUT2D eigenvalue weighted by atomic mass is 9.96. The molecular formula is C19H19N3O3S. The molecule has 1 aliphatic rings. The number of nitrogens with zero attached hydrogens (tertiary/aromatic N) is 3. The van der Waals surface area contributed by atoms with E-state index in [1.807, 2.05) is 26.0 Å². The van der Waals surface area contributed by atoms with E-state index in [1.165, 1.54) is 17.0 Å². The molecule has 134 valence electrons. The van der Waals surface area contributed by atoms with Crippen LogP contribution in [0.3, 0.4) is 0 Å². The van der Waals surface area contributed by atoms with Crippen LogP contribution in [0, 0.1) is 0 Å². The molecule has 26 heavy (non-hydrogen) atoms. The molecule has 0 fully saturated rings. The Hall–Kier alpha value is -2.76. The molecule has 0 bridgehead atoms. The van der Waals surface area contributed by atoms with E-state index < -0.39 is 20.8 Å². The maximum absolute atomic E-state index is 13.1. The number of hydrogen-bond acceptors (Lipinski definition) is 3. The number of sulfone groups is 1. The van der Waals surface area contributed by atoms with Crippen LogP contribution in [0.15, 0.2) is 59.5 Å². The maximum Gasteiger partial charge on any atom is 0.474 e. The molecule has 2 atom stereocenters. The number of hydrogen-bond donors (Lipinski definition) is 0. The van der Waals surface area contributed by atoms with E-state index in [4.69, 9.17) is 0 Å². The predicted octanol–water partition coefficient (Wildman–Crippen LogP) is 3.02. The van der Waals surface area contributed by atoms with Crippen LogP contribution in [0.2, 0.25) is 0 Å². The Bertz CT molecular complexity index is 996. The van der Waals surface area contributed by atoms with E-state index in [0.29, 0.717) is 12.1 Å². The van der Waals surface area contributed by atoms with E-state index in [1.54, 1.807) is 30.3 Å². The minimum atomic E-state index is -4.23. The highest BCUT2D eigenvalue weighted by molar-refractivity contribution is 8.08. The fourth-order valence-electron chi connectivity index (χ4n) is 3.52. The first-order valence-corrected chi connectivity index (χ1v) is 9.86. The van der Waals surface area contributed by atoms with Gasteiger partial charge in [0.15, 0.2) is 0 Å². The van der Waals surface area contributed by atoms with Gasteiger partial charge in [-0.15, -0.1) is 4.79 Å². The van der Waals surface area contributed by atoms with Crippen LogP contribution in [-0.2, 0) is 14.6 Å². The van der Waals surface area contributed by atoms with Crippen molar-refractivity contribution >= 4 is 26.5 Å². The van der Waals surface area contributed by atoms with Gasteiger partial charge < -0.3 is 5.53 Å². The number of fused-ring (bicyclic) bond motifs is 1. The van der Waals surface area contributed by atoms with Crippen molar-refractivity contribution in [1.82, 2.24) is 0 Å². The van der Waals surface area contributed by atoms with E-state index in [9.17, 15) is 18.7 Å². The first-order valence-electron chi connectivity index (χ1n) is 8.38. The SMILES string of the molecule is CC[C@H]1[C@@H](C)c2ccccc2N1C(=O)C(=[N+]=[N-])S(=O)(=O)c1ccccc1. The van der Waals surface area contributed by atoms with Gasteiger partial charge in [-0.3, -0.25) is 9.69 Å². The lowest BCUT2D eigenvalue weighted by Gasteiger charge is -2.24. The third kappa shape index (κ3) is 2.75. The summed E-state index contributed by atoms with van der Waals surface area (Å²) in [7, 11) is -4.23. The first kappa shape index (κ1) is 18.0. The molecule has 6 nitrogen and oxygen atoms in total. The fourth-order valence-corrected chi connectivity index (χ4v) is 4.70. The van der Waals surface area contributed by atoms with Crippen LogP contribution in [-0.4, -0.2) is 30.2 Å². The van der Waals surface area contributed by atoms with E-state index >= 15 is 0 Å². The molecule has 2 aromatic rings. The Morgan fingerprint density at radius 1 is 1.12 bits per heavy atom. The minimum absolute atomic E-state index is 0.0551. The number of para-hydroxylation sites is 1. The van der Waals surface area contributed by atoms with E-state index in [2.05, 4.69) is 4.79 Å². The highest BCUT2D eigenvalue weighted by atomic mass is 32.2. The summed E-state index contributed by atoms with van der Waals surface area (Å²) in [6.07, 6.45) is 0.645. The third-order valence-electron chi connectivity index (χ3n) is 4.81. The summed E-state index contributed by atoms with van der Waals surface area (Å²) in [6.45, 7) is 3.94. The second kappa shape index (κ2) is 6.86. The highest BCUT2D eigenvalue weighted by Crippen LogP contribution is 2.42. The normalized spacial score (nSPS) is 18.9. The van der Waals surface area contributed by atoms with Crippen molar-refractivity contribution in [2.45, 2.75) is 37.1 Å². The van der Waals surface area contributed by atoms with Crippen molar-refractivity contribution in [2.75, 3.05) is 4.90 Å². The van der Waals surface area contributed by atoms with Gasteiger partial charge in [-0.25, -0.2) is 8.42 Å². The molecule has 0 saturated heterocycles. The summed E-state index contributed by atoms with van der Waals surface area (Å²) < 4.78 is 25.6. The molecule has 0 spiro atoms. The standard InChI is InChI=1S/C19H19N3O3S/c1-3-16-13(2)15-11-7-8-12-17(15)22(16)19(23)18(21-20)26(24,25)14-9-5-4-6-10-14/h4-13,16H,3H2,1-2H3/t13-,16-/m0/s1. The predicted molar refractivity (Wildman–Crippen MR) is 98.7 cm³/mol. The Morgan fingerprint density at radius 2 is 1.73 bits per heavy atom. The number of benzene rings is 2. The van der Waals surface area contributed by atoms with Gasteiger partial charge in [0.05, 0.1) is 4.90 Å². The summed E-state index contributed by atoms with van der Waals surface area (Å²) in [4.78, 5) is 17.4. The Morgan fingerprint density at radius 3 is 2.35 bits per heavy atom. The van der Waals surface area contributed by atoms with Gasteiger partial charge in [0, 0.05) is 17.6 Å². The first-order chi connectivity index (χ1) is 12.4. The van der Waals surface area contributed by atoms with Crippen LogP contribution in [0.1, 0.15) is 31.7 Å². The lowest BCUT2D eigenvalue weighted by molar-refractivity contribution is -0.116. The van der Waals surface area contributed by atoms with Crippen molar-refractivity contribution in [3.63, 3.8) is 0 Å². The lowest BCUT2D eigenvalue weighted by Crippen LogP contribution is -2.45. The molecular weight excluding hydrogens is 350 g/mol. The molecule has 0 aromatic heterocycles. The second-order valence-corrected chi connectivity index (χ2v) is 8.08. The number of rotatable bonds is 2. The summed E-state index contributed by atoms with van der Waals surface area (Å²) in [5.74, 6) is -0.764. The molecule has 1 amide bonds. The summed E-state index contributed by atoms with van der Waals surface area (Å²) >= 11 is 0. The molecule has 3 rings (SSSR count). The molecule has 1 aliphatic heterocycles. The maximum atomic E-state index is 13.1. The average molecular weight is 369 g/mol. The monoisotopic (exact) mass is 369 g/mol. The zero-order valence-electron chi connectivity index (χ0n) is 14.5. The van der Waals surface area contributed by atoms with Crippen molar-refractivity contribution < 1.29 is 18.0 Å². The zero-order valence-corrected chi connectivity index (χ0v) is 15.3. The van der Waals surface area contributed by atoms with E-state index in [-0.39, 0.29) is 16.9 Å². The topological polar surface area (TPSA) is 90.8 Å². The van der Waals surface area contributed by atoms with Gasteiger partial charge >= 0.3 is 11.0 Å². The smallest absolute Gasteiger partial charge is 0.360 e. The van der Waals surface area contributed by atoms with Crippen molar-refractivity contribution in [2.24, 2.45) is 0 Å². The van der Waals surface area contributed by atoms with Crippen molar-refractivity contribution in [1.29, 1.82) is 0 Å². The average Bonchev–Trinajstić information content (AvgIpc) is 2.95. The summed E-state index contributed by atoms with van der Waals surface area (Å²) in [5.41, 5.74) is 11.0. The number of anilines is 1. The Balaban J connectivity index is 2.09. The molecule has 0 saturated carbocycles. The quantitative estimate of drug-likeness (QED) is 0.353. The number of amides is 1. The van der Waals surface area contributed by atoms with Crippen LogP contribution in [0.25, 0.3) is 5.53 Å². The number of carbonyl (C=O) groups is 1. The largest absolute Gasteiger partial charge is 0.474 e. The minimum Gasteiger partial charge on any atom is -0.360 e. The molecule has 0 N–H and O–H groups in total. The molecule has 7 heteroatoms. The van der Waals surface area contributed by atoms with Gasteiger partial charge in [-0.05, 0) is 30.2 Å². The van der Waals surface area contributed by atoms with Gasteiger partial charge in [-0.1, -0.05) is 50.2 Å².